The summed E-state index contributed by atoms with van der Waals surface area (Å²) in [5, 5.41) is 2.85. The van der Waals surface area contributed by atoms with Crippen molar-refractivity contribution in [2.24, 2.45) is 0 Å². The van der Waals surface area contributed by atoms with Crippen LogP contribution in [0.4, 0.5) is 11.4 Å². The first-order chi connectivity index (χ1) is 10.0. The Morgan fingerprint density at radius 2 is 2.05 bits per heavy atom. The molecule has 1 aromatic rings. The highest BCUT2D eigenvalue weighted by Crippen LogP contribution is 2.24. The maximum Gasteiger partial charge on any atom is 0.225 e. The third-order valence-corrected chi connectivity index (χ3v) is 3.79. The van der Waals surface area contributed by atoms with Gasteiger partial charge in [-0.05, 0) is 32.0 Å². The van der Waals surface area contributed by atoms with Crippen LogP contribution in [0.3, 0.4) is 0 Å². The zero-order valence-corrected chi connectivity index (χ0v) is 13.5. The summed E-state index contributed by atoms with van der Waals surface area (Å²) >= 11 is 0. The van der Waals surface area contributed by atoms with Gasteiger partial charge in [0.05, 0.1) is 18.5 Å². The van der Waals surface area contributed by atoms with Gasteiger partial charge >= 0.3 is 0 Å². The van der Waals surface area contributed by atoms with Crippen molar-refractivity contribution < 1.29 is 9.53 Å². The molecule has 0 unspecified atom stereocenters. The van der Waals surface area contributed by atoms with Crippen LogP contribution in [-0.4, -0.2) is 37.6 Å². The maximum atomic E-state index is 12.0. The number of hydrogen-bond donors (Lipinski definition) is 2. The van der Waals surface area contributed by atoms with E-state index < -0.39 is 0 Å². The van der Waals surface area contributed by atoms with Crippen LogP contribution in [0, 0.1) is 0 Å². The Kier molecular flexibility index (Phi) is 7.02. The molecule has 0 saturated heterocycles. The third kappa shape index (κ3) is 5.27. The largest absolute Gasteiger partial charge is 0.497 e. The number of nitrogens with two attached hydrogens (primary N) is 1. The molecule has 1 aromatic carbocycles. The van der Waals surface area contributed by atoms with Gasteiger partial charge in [0.25, 0.3) is 0 Å². The Bertz CT molecular complexity index is 459. The van der Waals surface area contributed by atoms with Crippen molar-refractivity contribution >= 4 is 17.3 Å². The van der Waals surface area contributed by atoms with E-state index in [4.69, 9.17) is 10.5 Å². The Morgan fingerprint density at radius 1 is 1.38 bits per heavy atom. The van der Waals surface area contributed by atoms with E-state index >= 15 is 0 Å². The van der Waals surface area contributed by atoms with E-state index in [-0.39, 0.29) is 5.91 Å². The molecular weight excluding hydrogens is 266 g/mol. The molecule has 0 fully saturated rings. The summed E-state index contributed by atoms with van der Waals surface area (Å²) in [6.45, 7) is 5.08. The molecule has 0 heterocycles. The summed E-state index contributed by atoms with van der Waals surface area (Å²) in [6.07, 6.45) is 2.65. The molecule has 1 rings (SSSR count). The molecular formula is C16H27N3O2. The molecule has 3 N–H and O–H groups in total. The summed E-state index contributed by atoms with van der Waals surface area (Å²) in [5.41, 5.74) is 7.03. The predicted molar refractivity (Wildman–Crippen MR) is 87.7 cm³/mol. The molecule has 0 aromatic heterocycles. The molecule has 118 valence electrons. The van der Waals surface area contributed by atoms with Crippen LogP contribution in [0.25, 0.3) is 0 Å². The number of rotatable bonds is 8. The zero-order chi connectivity index (χ0) is 15.8. The van der Waals surface area contributed by atoms with Gasteiger partial charge in [-0.15, -0.1) is 0 Å². The number of anilines is 2. The van der Waals surface area contributed by atoms with Crippen LogP contribution >= 0.6 is 0 Å². The molecule has 1 amide bonds. The highest BCUT2D eigenvalue weighted by Gasteiger charge is 2.12. The Morgan fingerprint density at radius 3 is 2.57 bits per heavy atom. The number of nitrogens with zero attached hydrogens (tertiary/aromatic N) is 1. The van der Waals surface area contributed by atoms with Crippen LogP contribution in [0.1, 0.15) is 33.1 Å². The number of carbonyl (C=O) groups excluding carboxylic acids is 1. The number of nitrogen functional groups attached to an aromatic ring is 1. The number of ether oxygens (including phenoxy) is 1. The topological polar surface area (TPSA) is 67.6 Å². The van der Waals surface area contributed by atoms with Gasteiger partial charge in [0, 0.05) is 25.1 Å². The van der Waals surface area contributed by atoms with Gasteiger partial charge in [-0.3, -0.25) is 4.79 Å². The predicted octanol–water partition coefficient (Wildman–Crippen LogP) is 2.73. The molecule has 5 heteroatoms. The van der Waals surface area contributed by atoms with E-state index in [2.05, 4.69) is 31.1 Å². The fourth-order valence-corrected chi connectivity index (χ4v) is 2.37. The molecule has 0 spiro atoms. The van der Waals surface area contributed by atoms with Gasteiger partial charge in [-0.25, -0.2) is 0 Å². The van der Waals surface area contributed by atoms with E-state index in [1.165, 1.54) is 0 Å². The Balaban J connectivity index is 2.50. The van der Waals surface area contributed by atoms with Gasteiger partial charge in [0.1, 0.15) is 5.75 Å². The van der Waals surface area contributed by atoms with Gasteiger partial charge in [0.2, 0.25) is 5.91 Å². The lowest BCUT2D eigenvalue weighted by molar-refractivity contribution is -0.116. The molecule has 0 radical (unpaired) electrons. The normalized spacial score (nSPS) is 11.0. The Hall–Kier alpha value is -1.75. The smallest absolute Gasteiger partial charge is 0.225 e. The van der Waals surface area contributed by atoms with Crippen molar-refractivity contribution in [1.29, 1.82) is 0 Å². The second-order valence-electron chi connectivity index (χ2n) is 5.20. The minimum absolute atomic E-state index is 0.0235. The molecule has 0 bridgehead atoms. The fraction of sp³-hybridized carbons (Fsp3) is 0.562. The minimum atomic E-state index is -0.0235. The monoisotopic (exact) mass is 293 g/mol. The summed E-state index contributed by atoms with van der Waals surface area (Å²) in [6, 6.07) is 5.77. The Labute approximate surface area is 127 Å². The highest BCUT2D eigenvalue weighted by molar-refractivity contribution is 5.94. The summed E-state index contributed by atoms with van der Waals surface area (Å²) < 4.78 is 5.09. The summed E-state index contributed by atoms with van der Waals surface area (Å²) in [5.74, 6) is 0.656. The zero-order valence-electron chi connectivity index (χ0n) is 13.5. The second kappa shape index (κ2) is 8.52. The lowest BCUT2D eigenvalue weighted by Gasteiger charge is -2.25. The van der Waals surface area contributed by atoms with Gasteiger partial charge in [0.15, 0.2) is 0 Å². The van der Waals surface area contributed by atoms with Gasteiger partial charge < -0.3 is 20.7 Å². The molecule has 0 aliphatic carbocycles. The van der Waals surface area contributed by atoms with E-state index in [9.17, 15) is 4.79 Å². The number of benzene rings is 1. The first kappa shape index (κ1) is 17.3. The number of amides is 1. The number of carbonyl (C=O) groups is 1. The van der Waals surface area contributed by atoms with Gasteiger partial charge in [-0.2, -0.15) is 0 Å². The van der Waals surface area contributed by atoms with E-state index in [1.807, 2.05) is 0 Å². The van der Waals surface area contributed by atoms with Gasteiger partial charge in [-0.1, -0.05) is 13.8 Å². The molecule has 0 aliphatic rings. The van der Waals surface area contributed by atoms with Crippen molar-refractivity contribution in [3.8, 4) is 5.75 Å². The van der Waals surface area contributed by atoms with E-state index in [0.29, 0.717) is 29.6 Å². The third-order valence-electron chi connectivity index (χ3n) is 3.79. The second-order valence-corrected chi connectivity index (χ2v) is 5.20. The van der Waals surface area contributed by atoms with Crippen molar-refractivity contribution in [1.82, 2.24) is 4.90 Å². The van der Waals surface area contributed by atoms with Crippen molar-refractivity contribution in [2.45, 2.75) is 39.2 Å². The number of methoxy groups -OCH3 is 1. The summed E-state index contributed by atoms with van der Waals surface area (Å²) in [7, 11) is 3.65. The van der Waals surface area contributed by atoms with Crippen LogP contribution in [0.2, 0.25) is 0 Å². The summed E-state index contributed by atoms with van der Waals surface area (Å²) in [4.78, 5) is 14.2. The SMILES string of the molecule is CCC(CC)N(C)CCC(=O)Nc1ccc(OC)cc1N. The molecule has 0 aliphatic heterocycles. The average Bonchev–Trinajstić information content (AvgIpc) is 2.48. The van der Waals surface area contributed by atoms with Crippen LogP contribution in [-0.2, 0) is 4.79 Å². The van der Waals surface area contributed by atoms with Crippen LogP contribution in [0.5, 0.6) is 5.75 Å². The molecule has 0 atom stereocenters. The minimum Gasteiger partial charge on any atom is -0.497 e. The fourth-order valence-electron chi connectivity index (χ4n) is 2.37. The lowest BCUT2D eigenvalue weighted by Crippen LogP contribution is -2.33. The lowest BCUT2D eigenvalue weighted by atomic mass is 10.1. The molecule has 21 heavy (non-hydrogen) atoms. The van der Waals surface area contributed by atoms with Crippen molar-refractivity contribution in [3.05, 3.63) is 18.2 Å². The quantitative estimate of drug-likeness (QED) is 0.723. The van der Waals surface area contributed by atoms with E-state index in [1.54, 1.807) is 25.3 Å². The van der Waals surface area contributed by atoms with Crippen LogP contribution in [0.15, 0.2) is 18.2 Å². The van der Waals surface area contributed by atoms with E-state index in [0.717, 1.165) is 19.4 Å². The maximum absolute atomic E-state index is 12.0. The molecule has 5 nitrogen and oxygen atoms in total. The highest BCUT2D eigenvalue weighted by atomic mass is 16.5. The number of nitrogens with one attached hydrogen (secondary N) is 1. The first-order valence-corrected chi connectivity index (χ1v) is 7.45. The van der Waals surface area contributed by atoms with Crippen LogP contribution < -0.4 is 15.8 Å². The first-order valence-electron chi connectivity index (χ1n) is 7.45. The number of hydrogen-bond acceptors (Lipinski definition) is 4. The standard InChI is InChI=1S/C16H27N3O2/c1-5-12(6-2)19(3)10-9-16(20)18-15-8-7-13(21-4)11-14(15)17/h7-8,11-12H,5-6,9-10,17H2,1-4H3,(H,18,20). The van der Waals surface area contributed by atoms with Crippen molar-refractivity contribution in [2.75, 3.05) is 31.8 Å². The molecule has 0 saturated carbocycles. The van der Waals surface area contributed by atoms with Crippen molar-refractivity contribution in [3.63, 3.8) is 0 Å². The average molecular weight is 293 g/mol.